The van der Waals surface area contributed by atoms with Gasteiger partial charge in [0.25, 0.3) is 0 Å². The topological polar surface area (TPSA) is 62.4 Å². The van der Waals surface area contributed by atoms with Gasteiger partial charge in [0.2, 0.25) is 5.91 Å². The number of hydrogen-bond acceptors (Lipinski definition) is 3. The van der Waals surface area contributed by atoms with Crippen molar-refractivity contribution in [3.05, 3.63) is 58.6 Å². The van der Waals surface area contributed by atoms with E-state index in [9.17, 15) is 4.79 Å². The second-order valence-electron chi connectivity index (χ2n) is 6.04. The fourth-order valence-corrected chi connectivity index (χ4v) is 2.71. The van der Waals surface area contributed by atoms with E-state index >= 15 is 0 Å². The van der Waals surface area contributed by atoms with E-state index in [1.807, 2.05) is 24.3 Å². The van der Waals surface area contributed by atoms with Crippen molar-refractivity contribution in [2.24, 2.45) is 0 Å². The highest BCUT2D eigenvalue weighted by Crippen LogP contribution is 2.23. The molecule has 0 unspecified atom stereocenters. The molecule has 7 heteroatoms. The number of ether oxygens (including phenoxy) is 1. The van der Waals surface area contributed by atoms with Gasteiger partial charge in [-0.3, -0.25) is 15.6 Å². The van der Waals surface area contributed by atoms with E-state index < -0.39 is 0 Å². The normalized spacial score (nSPS) is 10.3. The van der Waals surface area contributed by atoms with Gasteiger partial charge in [-0.1, -0.05) is 37.6 Å². The fraction of sp³-hybridized carbons (Fsp3) is 0.263. The summed E-state index contributed by atoms with van der Waals surface area (Å²) in [7, 11) is 1.55. The maximum absolute atomic E-state index is 12.1. The molecule has 0 spiro atoms. The highest BCUT2D eigenvalue weighted by molar-refractivity contribution is 7.80. The molecule has 0 aromatic heterocycles. The minimum atomic E-state index is -0.259. The van der Waals surface area contributed by atoms with Gasteiger partial charge in [0.15, 0.2) is 5.11 Å². The molecule has 0 aliphatic rings. The first-order chi connectivity index (χ1) is 12.4. The maximum Gasteiger partial charge on any atom is 0.242 e. The lowest BCUT2D eigenvalue weighted by molar-refractivity contribution is -0.121. The molecule has 0 aliphatic carbocycles. The Kier molecular flexibility index (Phi) is 7.24. The molecule has 0 aliphatic heterocycles. The molecule has 2 aromatic rings. The van der Waals surface area contributed by atoms with Crippen LogP contribution in [-0.2, 0) is 11.2 Å². The lowest BCUT2D eigenvalue weighted by Crippen LogP contribution is -2.44. The average Bonchev–Trinajstić information content (AvgIpc) is 2.60. The third-order valence-electron chi connectivity index (χ3n) is 3.74. The first-order valence-electron chi connectivity index (χ1n) is 8.17. The van der Waals surface area contributed by atoms with Gasteiger partial charge in [0, 0.05) is 16.3 Å². The average molecular weight is 392 g/mol. The number of amides is 1. The standard InChI is InChI=1S/C19H22ClN3O2S/c1-12(2)13-4-7-16(8-5-13)21-19(26)23-22-18(24)11-14-10-15(20)6-9-17(14)25-3/h4-10,12H,11H2,1-3H3,(H,22,24)(H2,21,23,26). The van der Waals surface area contributed by atoms with Crippen LogP contribution >= 0.6 is 23.8 Å². The molecule has 5 nitrogen and oxygen atoms in total. The van der Waals surface area contributed by atoms with Gasteiger partial charge in [-0.2, -0.15) is 0 Å². The Labute approximate surface area is 164 Å². The van der Waals surface area contributed by atoms with Gasteiger partial charge in [-0.25, -0.2) is 0 Å². The van der Waals surface area contributed by atoms with Crippen LogP contribution in [0.3, 0.4) is 0 Å². The Morgan fingerprint density at radius 1 is 1.15 bits per heavy atom. The first kappa shape index (κ1) is 20.0. The molecule has 0 heterocycles. The number of rotatable bonds is 5. The van der Waals surface area contributed by atoms with Crippen molar-refractivity contribution in [2.75, 3.05) is 12.4 Å². The Morgan fingerprint density at radius 3 is 2.46 bits per heavy atom. The fourth-order valence-electron chi connectivity index (χ4n) is 2.34. The van der Waals surface area contributed by atoms with Gasteiger partial charge in [0.05, 0.1) is 13.5 Å². The van der Waals surface area contributed by atoms with E-state index in [-0.39, 0.29) is 12.3 Å². The molecule has 3 N–H and O–H groups in total. The highest BCUT2D eigenvalue weighted by atomic mass is 35.5. The number of nitrogens with one attached hydrogen (secondary N) is 3. The Morgan fingerprint density at radius 2 is 1.85 bits per heavy atom. The summed E-state index contributed by atoms with van der Waals surface area (Å²) in [6, 6.07) is 13.1. The number of thiocarbonyl (C=S) groups is 1. The van der Waals surface area contributed by atoms with Crippen LogP contribution in [0.15, 0.2) is 42.5 Å². The molecule has 26 heavy (non-hydrogen) atoms. The molecule has 0 atom stereocenters. The van der Waals surface area contributed by atoms with Crippen molar-refractivity contribution in [3.63, 3.8) is 0 Å². The Hall–Kier alpha value is -2.31. The first-order valence-corrected chi connectivity index (χ1v) is 8.96. The molecule has 2 aromatic carbocycles. The van der Waals surface area contributed by atoms with Crippen LogP contribution in [0, 0.1) is 0 Å². The number of hydrazine groups is 1. The van der Waals surface area contributed by atoms with E-state index in [1.54, 1.807) is 25.3 Å². The van der Waals surface area contributed by atoms with Crippen LogP contribution in [0.25, 0.3) is 0 Å². The van der Waals surface area contributed by atoms with Gasteiger partial charge in [-0.15, -0.1) is 0 Å². The van der Waals surface area contributed by atoms with E-state index in [1.165, 1.54) is 5.56 Å². The number of anilines is 1. The summed E-state index contributed by atoms with van der Waals surface area (Å²) in [4.78, 5) is 12.1. The van der Waals surface area contributed by atoms with Crippen molar-refractivity contribution < 1.29 is 9.53 Å². The molecule has 1 amide bonds. The van der Waals surface area contributed by atoms with E-state index in [4.69, 9.17) is 28.6 Å². The van der Waals surface area contributed by atoms with Crippen molar-refractivity contribution >= 4 is 40.5 Å². The van der Waals surface area contributed by atoms with Crippen LogP contribution in [0.1, 0.15) is 30.9 Å². The maximum atomic E-state index is 12.1. The summed E-state index contributed by atoms with van der Waals surface area (Å²) in [5.41, 5.74) is 8.04. The van der Waals surface area contributed by atoms with Gasteiger partial charge < -0.3 is 10.1 Å². The molecule has 0 saturated carbocycles. The molecule has 0 fully saturated rings. The van der Waals surface area contributed by atoms with Crippen molar-refractivity contribution in [1.29, 1.82) is 0 Å². The second kappa shape index (κ2) is 9.40. The summed E-state index contributed by atoms with van der Waals surface area (Å²) >= 11 is 11.2. The number of carbonyl (C=O) groups is 1. The second-order valence-corrected chi connectivity index (χ2v) is 6.88. The number of benzene rings is 2. The van der Waals surface area contributed by atoms with E-state index in [2.05, 4.69) is 30.0 Å². The van der Waals surface area contributed by atoms with Crippen molar-refractivity contribution in [2.45, 2.75) is 26.2 Å². The van der Waals surface area contributed by atoms with Crippen LogP contribution in [0.2, 0.25) is 5.02 Å². The summed E-state index contributed by atoms with van der Waals surface area (Å²) in [5, 5.41) is 3.86. The number of methoxy groups -OCH3 is 1. The van der Waals surface area contributed by atoms with E-state index in [0.717, 1.165) is 5.69 Å². The lowest BCUT2D eigenvalue weighted by atomic mass is 10.0. The zero-order chi connectivity index (χ0) is 19.1. The van der Waals surface area contributed by atoms with Gasteiger partial charge >= 0.3 is 0 Å². The zero-order valence-electron chi connectivity index (χ0n) is 14.9. The van der Waals surface area contributed by atoms with Gasteiger partial charge in [0.1, 0.15) is 5.75 Å². The molecule has 138 valence electrons. The quantitative estimate of drug-likeness (QED) is 0.530. The summed E-state index contributed by atoms with van der Waals surface area (Å²) in [6.07, 6.45) is 0.114. The van der Waals surface area contributed by atoms with Gasteiger partial charge in [-0.05, 0) is 54.0 Å². The zero-order valence-corrected chi connectivity index (χ0v) is 16.5. The molecule has 0 saturated heterocycles. The van der Waals surface area contributed by atoms with Crippen molar-refractivity contribution in [1.82, 2.24) is 10.9 Å². The summed E-state index contributed by atoms with van der Waals surface area (Å²) < 4.78 is 5.23. The molecular weight excluding hydrogens is 370 g/mol. The predicted octanol–water partition coefficient (Wildman–Crippen LogP) is 4.03. The predicted molar refractivity (Wildman–Crippen MR) is 110 cm³/mol. The summed E-state index contributed by atoms with van der Waals surface area (Å²) in [5.74, 6) is 0.817. The third-order valence-corrected chi connectivity index (χ3v) is 4.18. The van der Waals surface area contributed by atoms with Crippen molar-refractivity contribution in [3.8, 4) is 5.75 Å². The van der Waals surface area contributed by atoms with E-state index in [0.29, 0.717) is 27.4 Å². The minimum absolute atomic E-state index is 0.114. The number of carbonyl (C=O) groups excluding carboxylic acids is 1. The van der Waals surface area contributed by atoms with Crippen LogP contribution in [-0.4, -0.2) is 18.1 Å². The van der Waals surface area contributed by atoms with Crippen LogP contribution in [0.4, 0.5) is 5.69 Å². The molecule has 0 bridgehead atoms. The monoisotopic (exact) mass is 391 g/mol. The van der Waals surface area contributed by atoms with Crippen LogP contribution in [0.5, 0.6) is 5.75 Å². The minimum Gasteiger partial charge on any atom is -0.496 e. The highest BCUT2D eigenvalue weighted by Gasteiger charge is 2.10. The summed E-state index contributed by atoms with van der Waals surface area (Å²) in [6.45, 7) is 4.28. The van der Waals surface area contributed by atoms with Crippen LogP contribution < -0.4 is 20.9 Å². The molecular formula is C19H22ClN3O2S. The largest absolute Gasteiger partial charge is 0.496 e. The molecule has 2 rings (SSSR count). The Bertz CT molecular complexity index is 779. The lowest BCUT2D eigenvalue weighted by Gasteiger charge is -2.13. The number of halogens is 1. The smallest absolute Gasteiger partial charge is 0.242 e. The third kappa shape index (κ3) is 5.89. The Balaban J connectivity index is 1.85. The SMILES string of the molecule is COc1ccc(Cl)cc1CC(=O)NNC(=S)Nc1ccc(C(C)C)cc1. The number of hydrogen-bond donors (Lipinski definition) is 3. The molecule has 0 radical (unpaired) electrons.